The zero-order valence-electron chi connectivity index (χ0n) is 12.5. The zero-order valence-corrected chi connectivity index (χ0v) is 12.5. The van der Waals surface area contributed by atoms with Crippen molar-refractivity contribution < 1.29 is 0 Å². The maximum atomic E-state index is 4.56. The summed E-state index contributed by atoms with van der Waals surface area (Å²) in [6.45, 7) is 1.95. The average Bonchev–Trinajstić information content (AvgIpc) is 2.98. The Kier molecular flexibility index (Phi) is 3.20. The van der Waals surface area contributed by atoms with E-state index in [1.807, 2.05) is 60.1 Å². The Labute approximate surface area is 132 Å². The first-order valence-corrected chi connectivity index (χ1v) is 7.25. The van der Waals surface area contributed by atoms with Crippen molar-refractivity contribution in [3.63, 3.8) is 0 Å². The summed E-state index contributed by atoms with van der Waals surface area (Å²) in [4.78, 5) is 12.9. The Hall–Kier alpha value is -3.28. The number of rotatable bonds is 3. The molecule has 0 radical (unpaired) electrons. The van der Waals surface area contributed by atoms with Crippen LogP contribution in [0, 0.1) is 6.92 Å². The van der Waals surface area contributed by atoms with E-state index < -0.39 is 0 Å². The highest BCUT2D eigenvalue weighted by Gasteiger charge is 2.09. The highest BCUT2D eigenvalue weighted by atomic mass is 15.4. The molecule has 0 bridgehead atoms. The molecule has 4 heterocycles. The predicted octanol–water partition coefficient (Wildman–Crippen LogP) is 3.24. The number of nitrogens with zero attached hydrogens (tertiary/aromatic N) is 5. The molecule has 112 valence electrons. The number of hydrogen-bond acceptors (Lipinski definition) is 5. The number of fused-ring (bicyclic) bond motifs is 1. The van der Waals surface area contributed by atoms with E-state index in [9.17, 15) is 0 Å². The Bertz CT molecular complexity index is 961. The highest BCUT2D eigenvalue weighted by molar-refractivity contribution is 5.64. The van der Waals surface area contributed by atoms with Crippen molar-refractivity contribution in [1.82, 2.24) is 24.6 Å². The fraction of sp³-hybridized carbons (Fsp3) is 0.0588. The van der Waals surface area contributed by atoms with Crippen molar-refractivity contribution >= 4 is 17.3 Å². The van der Waals surface area contributed by atoms with E-state index in [1.165, 1.54) is 0 Å². The summed E-state index contributed by atoms with van der Waals surface area (Å²) in [5, 5.41) is 7.77. The lowest BCUT2D eigenvalue weighted by Crippen LogP contribution is -1.96. The molecule has 6 heteroatoms. The molecule has 4 rings (SSSR count). The molecule has 4 aromatic rings. The molecule has 0 atom stereocenters. The summed E-state index contributed by atoms with van der Waals surface area (Å²) in [5.74, 6) is 0.548. The van der Waals surface area contributed by atoms with Gasteiger partial charge in [0.2, 0.25) is 5.95 Å². The van der Waals surface area contributed by atoms with Crippen LogP contribution < -0.4 is 5.32 Å². The van der Waals surface area contributed by atoms with E-state index in [1.54, 1.807) is 12.4 Å². The quantitative estimate of drug-likeness (QED) is 0.629. The summed E-state index contributed by atoms with van der Waals surface area (Å²) < 4.78 is 1.81. The maximum Gasteiger partial charge on any atom is 0.247 e. The van der Waals surface area contributed by atoms with Gasteiger partial charge in [-0.25, -0.2) is 4.52 Å². The molecule has 0 aromatic carbocycles. The molecule has 0 unspecified atom stereocenters. The summed E-state index contributed by atoms with van der Waals surface area (Å²) >= 11 is 0. The Morgan fingerprint density at radius 2 is 2.00 bits per heavy atom. The van der Waals surface area contributed by atoms with E-state index in [0.29, 0.717) is 5.95 Å². The van der Waals surface area contributed by atoms with E-state index in [4.69, 9.17) is 0 Å². The lowest BCUT2D eigenvalue weighted by molar-refractivity contribution is 0.972. The first kappa shape index (κ1) is 13.4. The number of aromatic nitrogens is 5. The van der Waals surface area contributed by atoms with Crippen LogP contribution in [0.1, 0.15) is 5.69 Å². The molecular formula is C17H14N6. The molecular weight excluding hydrogens is 288 g/mol. The first-order valence-electron chi connectivity index (χ1n) is 7.25. The van der Waals surface area contributed by atoms with Crippen LogP contribution in [0.3, 0.4) is 0 Å². The molecule has 4 aromatic heterocycles. The van der Waals surface area contributed by atoms with Crippen LogP contribution in [0.15, 0.2) is 61.1 Å². The third-order valence-corrected chi connectivity index (χ3v) is 3.47. The Morgan fingerprint density at radius 3 is 2.83 bits per heavy atom. The van der Waals surface area contributed by atoms with Crippen molar-refractivity contribution in [3.8, 4) is 11.3 Å². The fourth-order valence-corrected chi connectivity index (χ4v) is 2.44. The Balaban J connectivity index is 1.76. The van der Waals surface area contributed by atoms with Crippen molar-refractivity contribution in [2.24, 2.45) is 0 Å². The molecule has 0 fully saturated rings. The highest BCUT2D eigenvalue weighted by Crippen LogP contribution is 2.21. The molecule has 6 nitrogen and oxygen atoms in total. The second-order valence-electron chi connectivity index (χ2n) is 5.17. The second-order valence-corrected chi connectivity index (χ2v) is 5.17. The van der Waals surface area contributed by atoms with Crippen molar-refractivity contribution in [2.45, 2.75) is 6.92 Å². The van der Waals surface area contributed by atoms with Gasteiger partial charge in [-0.05, 0) is 43.3 Å². The minimum atomic E-state index is 0.548. The van der Waals surface area contributed by atoms with Crippen LogP contribution >= 0.6 is 0 Å². The number of pyridine rings is 3. The van der Waals surface area contributed by atoms with Gasteiger partial charge in [-0.1, -0.05) is 6.07 Å². The molecule has 1 N–H and O–H groups in total. The van der Waals surface area contributed by atoms with Gasteiger partial charge in [0, 0.05) is 35.5 Å². The minimum Gasteiger partial charge on any atom is -0.323 e. The van der Waals surface area contributed by atoms with E-state index in [0.717, 1.165) is 28.3 Å². The smallest absolute Gasteiger partial charge is 0.247 e. The van der Waals surface area contributed by atoms with Gasteiger partial charge in [0.05, 0.1) is 5.69 Å². The van der Waals surface area contributed by atoms with Crippen LogP contribution in [-0.4, -0.2) is 24.6 Å². The largest absolute Gasteiger partial charge is 0.323 e. The SMILES string of the molecule is Cc1cc(Nc2nc3cccc(-c4cccnc4)n3n2)ccn1. The Morgan fingerprint density at radius 1 is 1.04 bits per heavy atom. The van der Waals surface area contributed by atoms with Crippen LogP contribution in [0.25, 0.3) is 16.9 Å². The topological polar surface area (TPSA) is 68.0 Å². The second kappa shape index (κ2) is 5.49. The summed E-state index contributed by atoms with van der Waals surface area (Å²) in [6, 6.07) is 13.6. The molecule has 0 saturated carbocycles. The number of nitrogens with one attached hydrogen (secondary N) is 1. The van der Waals surface area contributed by atoms with Gasteiger partial charge in [-0.3, -0.25) is 9.97 Å². The molecule has 23 heavy (non-hydrogen) atoms. The van der Waals surface area contributed by atoms with Crippen LogP contribution in [0.5, 0.6) is 0 Å². The van der Waals surface area contributed by atoms with Gasteiger partial charge >= 0.3 is 0 Å². The van der Waals surface area contributed by atoms with Crippen molar-refractivity contribution in [1.29, 1.82) is 0 Å². The van der Waals surface area contributed by atoms with Crippen molar-refractivity contribution in [2.75, 3.05) is 5.32 Å². The van der Waals surface area contributed by atoms with E-state index in [2.05, 4.69) is 25.4 Å². The van der Waals surface area contributed by atoms with Crippen LogP contribution in [0.4, 0.5) is 11.6 Å². The summed E-state index contributed by atoms with van der Waals surface area (Å²) in [5.41, 5.74) is 4.57. The van der Waals surface area contributed by atoms with Gasteiger partial charge in [-0.15, -0.1) is 5.10 Å². The van der Waals surface area contributed by atoms with Crippen molar-refractivity contribution in [3.05, 3.63) is 66.7 Å². The number of anilines is 2. The van der Waals surface area contributed by atoms with E-state index in [-0.39, 0.29) is 0 Å². The third-order valence-electron chi connectivity index (χ3n) is 3.47. The van der Waals surface area contributed by atoms with Gasteiger partial charge in [0.15, 0.2) is 5.65 Å². The fourth-order valence-electron chi connectivity index (χ4n) is 2.44. The van der Waals surface area contributed by atoms with Gasteiger partial charge in [0.1, 0.15) is 0 Å². The van der Waals surface area contributed by atoms with Gasteiger partial charge < -0.3 is 5.32 Å². The minimum absolute atomic E-state index is 0.548. The standard InChI is InChI=1S/C17H14N6/c1-12-10-14(7-9-19-12)20-17-21-16-6-2-5-15(23(16)22-17)13-4-3-8-18-11-13/h2-11H,1H3,(H,19,20,22). The monoisotopic (exact) mass is 302 g/mol. The van der Waals surface area contributed by atoms with Crippen LogP contribution in [0.2, 0.25) is 0 Å². The summed E-state index contributed by atoms with van der Waals surface area (Å²) in [7, 11) is 0. The normalized spacial score (nSPS) is 10.8. The molecule has 0 aliphatic carbocycles. The van der Waals surface area contributed by atoms with Gasteiger partial charge in [-0.2, -0.15) is 4.98 Å². The predicted molar refractivity (Wildman–Crippen MR) is 88.5 cm³/mol. The molecule has 0 aliphatic heterocycles. The average molecular weight is 302 g/mol. The molecule has 0 aliphatic rings. The number of hydrogen-bond donors (Lipinski definition) is 1. The molecule has 0 amide bonds. The zero-order chi connectivity index (χ0) is 15.6. The maximum absolute atomic E-state index is 4.56. The summed E-state index contributed by atoms with van der Waals surface area (Å²) in [6.07, 6.45) is 5.33. The molecule has 0 saturated heterocycles. The first-order chi connectivity index (χ1) is 11.3. The number of aryl methyl sites for hydroxylation is 1. The van der Waals surface area contributed by atoms with E-state index >= 15 is 0 Å². The van der Waals surface area contributed by atoms with Gasteiger partial charge in [0.25, 0.3) is 0 Å². The lowest BCUT2D eigenvalue weighted by Gasteiger charge is -2.03. The molecule has 0 spiro atoms. The lowest BCUT2D eigenvalue weighted by atomic mass is 10.2. The van der Waals surface area contributed by atoms with Crippen LogP contribution in [-0.2, 0) is 0 Å². The third kappa shape index (κ3) is 2.62.